The Labute approximate surface area is 111 Å². The topological polar surface area (TPSA) is 58.4 Å². The van der Waals surface area contributed by atoms with Crippen molar-refractivity contribution < 1.29 is 4.79 Å². The van der Waals surface area contributed by atoms with Crippen molar-refractivity contribution in [2.75, 3.05) is 26.2 Å². The zero-order valence-electron chi connectivity index (χ0n) is 12.0. The summed E-state index contributed by atoms with van der Waals surface area (Å²) in [5.41, 5.74) is 5.84. The van der Waals surface area contributed by atoms with E-state index in [2.05, 4.69) is 24.1 Å². The number of unbranched alkanes of at least 4 members (excludes halogenated alkanes) is 1. The molecule has 4 nitrogen and oxygen atoms in total. The summed E-state index contributed by atoms with van der Waals surface area (Å²) in [5.74, 6) is 0.924. The van der Waals surface area contributed by atoms with Gasteiger partial charge in [-0.15, -0.1) is 0 Å². The van der Waals surface area contributed by atoms with Gasteiger partial charge in [0.1, 0.15) is 0 Å². The maximum atomic E-state index is 11.7. The maximum Gasteiger partial charge on any atom is 0.234 e. The van der Waals surface area contributed by atoms with Crippen LogP contribution in [0.1, 0.15) is 46.0 Å². The number of carbonyl (C=O) groups is 1. The van der Waals surface area contributed by atoms with E-state index in [1.54, 1.807) is 0 Å². The molecule has 1 aliphatic heterocycles. The van der Waals surface area contributed by atoms with Crippen LogP contribution in [0.5, 0.6) is 0 Å². The van der Waals surface area contributed by atoms with Crippen LogP contribution in [0.3, 0.4) is 0 Å². The molecule has 0 atom stereocenters. The summed E-state index contributed by atoms with van der Waals surface area (Å²) >= 11 is 0. The summed E-state index contributed by atoms with van der Waals surface area (Å²) in [6.45, 7) is 7.75. The van der Waals surface area contributed by atoms with E-state index in [1.165, 1.54) is 12.8 Å². The minimum atomic E-state index is 0.162. The van der Waals surface area contributed by atoms with Crippen LogP contribution in [0.25, 0.3) is 0 Å². The highest BCUT2D eigenvalue weighted by Gasteiger charge is 2.17. The number of rotatable bonds is 7. The van der Waals surface area contributed by atoms with Crippen molar-refractivity contribution in [1.29, 1.82) is 0 Å². The summed E-state index contributed by atoms with van der Waals surface area (Å²) in [7, 11) is 0. The minimum absolute atomic E-state index is 0.162. The molecule has 4 heteroatoms. The van der Waals surface area contributed by atoms with Crippen molar-refractivity contribution in [3.63, 3.8) is 0 Å². The predicted octanol–water partition coefficient (Wildman–Crippen LogP) is 1.35. The van der Waals surface area contributed by atoms with Gasteiger partial charge in [-0.05, 0) is 25.2 Å². The molecule has 0 bridgehead atoms. The summed E-state index contributed by atoms with van der Waals surface area (Å²) < 4.78 is 0. The zero-order valence-corrected chi connectivity index (χ0v) is 12.0. The van der Waals surface area contributed by atoms with Crippen LogP contribution in [0.4, 0.5) is 0 Å². The van der Waals surface area contributed by atoms with Crippen molar-refractivity contribution in [2.24, 2.45) is 11.7 Å². The molecular formula is C14H29N3O. The molecule has 1 aliphatic rings. The molecule has 1 heterocycles. The van der Waals surface area contributed by atoms with Crippen LogP contribution in [0, 0.1) is 5.92 Å². The van der Waals surface area contributed by atoms with E-state index in [0.717, 1.165) is 44.8 Å². The summed E-state index contributed by atoms with van der Waals surface area (Å²) in [6.07, 6.45) is 5.58. The molecule has 1 rings (SSSR count). The molecule has 1 fully saturated rings. The van der Waals surface area contributed by atoms with Gasteiger partial charge in [0.05, 0.1) is 6.54 Å². The Bertz CT molecular complexity index is 235. The average Bonchev–Trinajstić information content (AvgIpc) is 2.31. The van der Waals surface area contributed by atoms with E-state index in [1.807, 2.05) is 0 Å². The largest absolute Gasteiger partial charge is 0.355 e. The van der Waals surface area contributed by atoms with Crippen molar-refractivity contribution in [3.8, 4) is 0 Å². The molecule has 0 radical (unpaired) electrons. The third-order valence-electron chi connectivity index (χ3n) is 3.53. The molecular weight excluding hydrogens is 226 g/mol. The fourth-order valence-electron chi connectivity index (χ4n) is 2.28. The second-order valence-electron chi connectivity index (χ2n) is 5.85. The molecule has 0 aromatic heterocycles. The molecule has 1 saturated heterocycles. The first-order valence-electron chi connectivity index (χ1n) is 7.32. The van der Waals surface area contributed by atoms with E-state index in [0.29, 0.717) is 12.6 Å². The van der Waals surface area contributed by atoms with Gasteiger partial charge in [-0.1, -0.05) is 26.7 Å². The molecule has 1 amide bonds. The van der Waals surface area contributed by atoms with E-state index in [4.69, 9.17) is 5.73 Å². The van der Waals surface area contributed by atoms with Crippen LogP contribution in [0.15, 0.2) is 0 Å². The summed E-state index contributed by atoms with van der Waals surface area (Å²) in [4.78, 5) is 13.9. The summed E-state index contributed by atoms with van der Waals surface area (Å²) in [5, 5.41) is 3.00. The second-order valence-corrected chi connectivity index (χ2v) is 5.85. The molecule has 3 N–H and O–H groups in total. The van der Waals surface area contributed by atoms with Gasteiger partial charge in [0, 0.05) is 25.7 Å². The molecule has 0 aromatic rings. The molecule has 106 valence electrons. The first kappa shape index (κ1) is 15.4. The monoisotopic (exact) mass is 255 g/mol. The van der Waals surface area contributed by atoms with E-state index in [-0.39, 0.29) is 5.91 Å². The van der Waals surface area contributed by atoms with Gasteiger partial charge in [0.2, 0.25) is 5.91 Å². The fraction of sp³-hybridized carbons (Fsp3) is 0.929. The number of nitrogens with two attached hydrogens (primary N) is 1. The second kappa shape index (κ2) is 8.48. The Hall–Kier alpha value is -0.610. The Morgan fingerprint density at radius 3 is 2.61 bits per heavy atom. The Kier molecular flexibility index (Phi) is 7.28. The van der Waals surface area contributed by atoms with E-state index in [9.17, 15) is 4.79 Å². The van der Waals surface area contributed by atoms with E-state index >= 15 is 0 Å². The highest BCUT2D eigenvalue weighted by atomic mass is 16.2. The lowest BCUT2D eigenvalue weighted by Gasteiger charge is -2.29. The van der Waals surface area contributed by atoms with Crippen LogP contribution in [-0.4, -0.2) is 43.0 Å². The molecule has 0 saturated carbocycles. The standard InChI is InChI=1S/C14H29N3O/c1-12(2)5-3-4-8-16-14(18)11-17-9-6-13(15)7-10-17/h12-13H,3-11,15H2,1-2H3,(H,16,18). The first-order chi connectivity index (χ1) is 8.58. The Morgan fingerprint density at radius 1 is 1.33 bits per heavy atom. The SMILES string of the molecule is CC(C)CCCCNC(=O)CN1CCC(N)CC1. The van der Waals surface area contributed by atoms with Crippen LogP contribution >= 0.6 is 0 Å². The van der Waals surface area contributed by atoms with Crippen molar-refractivity contribution >= 4 is 5.91 Å². The van der Waals surface area contributed by atoms with Gasteiger partial charge in [-0.25, -0.2) is 0 Å². The molecule has 0 unspecified atom stereocenters. The lowest BCUT2D eigenvalue weighted by molar-refractivity contribution is -0.122. The molecule has 0 aromatic carbocycles. The Morgan fingerprint density at radius 2 is 2.00 bits per heavy atom. The lowest BCUT2D eigenvalue weighted by Crippen LogP contribution is -2.44. The van der Waals surface area contributed by atoms with E-state index < -0.39 is 0 Å². The number of hydrogen-bond acceptors (Lipinski definition) is 3. The number of piperidine rings is 1. The van der Waals surface area contributed by atoms with Crippen LogP contribution in [0.2, 0.25) is 0 Å². The number of amides is 1. The fourth-order valence-corrected chi connectivity index (χ4v) is 2.28. The van der Waals surface area contributed by atoms with Gasteiger partial charge < -0.3 is 11.1 Å². The highest BCUT2D eigenvalue weighted by molar-refractivity contribution is 5.77. The normalized spacial score (nSPS) is 18.2. The van der Waals surface area contributed by atoms with Crippen molar-refractivity contribution in [1.82, 2.24) is 10.2 Å². The smallest absolute Gasteiger partial charge is 0.234 e. The highest BCUT2D eigenvalue weighted by Crippen LogP contribution is 2.07. The van der Waals surface area contributed by atoms with Gasteiger partial charge >= 0.3 is 0 Å². The first-order valence-corrected chi connectivity index (χ1v) is 7.32. The minimum Gasteiger partial charge on any atom is -0.355 e. The van der Waals surface area contributed by atoms with Crippen LogP contribution in [-0.2, 0) is 4.79 Å². The lowest BCUT2D eigenvalue weighted by atomic mass is 10.1. The van der Waals surface area contributed by atoms with Crippen LogP contribution < -0.4 is 11.1 Å². The number of hydrogen-bond donors (Lipinski definition) is 2. The molecule has 0 aliphatic carbocycles. The number of nitrogens with one attached hydrogen (secondary N) is 1. The van der Waals surface area contributed by atoms with Gasteiger partial charge in [0.15, 0.2) is 0 Å². The predicted molar refractivity (Wildman–Crippen MR) is 75.3 cm³/mol. The van der Waals surface area contributed by atoms with Crippen molar-refractivity contribution in [3.05, 3.63) is 0 Å². The summed E-state index contributed by atoms with van der Waals surface area (Å²) in [6, 6.07) is 0.334. The number of likely N-dealkylation sites (tertiary alicyclic amines) is 1. The molecule has 0 spiro atoms. The molecule has 18 heavy (non-hydrogen) atoms. The maximum absolute atomic E-state index is 11.7. The zero-order chi connectivity index (χ0) is 13.4. The Balaban J connectivity index is 2.00. The van der Waals surface area contributed by atoms with Gasteiger partial charge in [0.25, 0.3) is 0 Å². The van der Waals surface area contributed by atoms with Gasteiger partial charge in [-0.3, -0.25) is 9.69 Å². The average molecular weight is 255 g/mol. The van der Waals surface area contributed by atoms with Gasteiger partial charge in [-0.2, -0.15) is 0 Å². The van der Waals surface area contributed by atoms with Crippen molar-refractivity contribution in [2.45, 2.75) is 52.0 Å². The number of carbonyl (C=O) groups excluding carboxylic acids is 1. The number of nitrogens with zero attached hydrogens (tertiary/aromatic N) is 1. The quantitative estimate of drug-likeness (QED) is 0.675. The third kappa shape index (κ3) is 6.97. The third-order valence-corrected chi connectivity index (χ3v) is 3.53.